The summed E-state index contributed by atoms with van der Waals surface area (Å²) in [5, 5.41) is 5.67. The Kier molecular flexibility index (Phi) is 4.27. The summed E-state index contributed by atoms with van der Waals surface area (Å²) < 4.78 is 1.85. The molecule has 0 aliphatic carbocycles. The largest absolute Gasteiger partial charge is 0.353 e. The Morgan fingerprint density at radius 1 is 1.11 bits per heavy atom. The van der Waals surface area contributed by atoms with Crippen molar-refractivity contribution < 1.29 is 0 Å². The first-order chi connectivity index (χ1) is 13.6. The highest BCUT2D eigenvalue weighted by atomic mass is 15.4. The number of hydrogen-bond acceptors (Lipinski definition) is 6. The molecule has 3 aromatic rings. The van der Waals surface area contributed by atoms with Gasteiger partial charge in [-0.2, -0.15) is 5.10 Å². The number of aryl methyl sites for hydroxylation is 2. The van der Waals surface area contributed by atoms with Gasteiger partial charge in [0.2, 0.25) is 0 Å². The Labute approximate surface area is 165 Å². The molecule has 0 unspecified atom stereocenters. The van der Waals surface area contributed by atoms with Gasteiger partial charge < -0.3 is 4.90 Å². The molecule has 0 aromatic carbocycles. The van der Waals surface area contributed by atoms with Gasteiger partial charge in [0, 0.05) is 38.4 Å². The zero-order chi connectivity index (χ0) is 19.3. The molecule has 1 atom stereocenters. The van der Waals surface area contributed by atoms with Gasteiger partial charge in [0.05, 0.1) is 11.1 Å². The van der Waals surface area contributed by atoms with Crippen molar-refractivity contribution in [2.75, 3.05) is 24.5 Å². The molecule has 7 heteroatoms. The lowest BCUT2D eigenvalue weighted by atomic mass is 9.97. The van der Waals surface area contributed by atoms with Crippen molar-refractivity contribution >= 4 is 16.9 Å². The first-order valence-corrected chi connectivity index (χ1v) is 10.3. The first-order valence-electron chi connectivity index (χ1n) is 10.3. The van der Waals surface area contributed by atoms with Crippen molar-refractivity contribution in [3.63, 3.8) is 0 Å². The van der Waals surface area contributed by atoms with Crippen molar-refractivity contribution in [2.45, 2.75) is 45.2 Å². The minimum atomic E-state index is 0.621. The van der Waals surface area contributed by atoms with Gasteiger partial charge in [0.25, 0.3) is 0 Å². The maximum atomic E-state index is 4.95. The minimum Gasteiger partial charge on any atom is -0.353 e. The number of aromatic nitrogens is 5. The van der Waals surface area contributed by atoms with E-state index in [0.717, 1.165) is 41.3 Å². The van der Waals surface area contributed by atoms with Gasteiger partial charge in [-0.15, -0.1) is 0 Å². The zero-order valence-corrected chi connectivity index (χ0v) is 16.8. The summed E-state index contributed by atoms with van der Waals surface area (Å²) in [6, 6.07) is 7.16. The fourth-order valence-electron chi connectivity index (χ4n) is 4.66. The maximum absolute atomic E-state index is 4.95. The monoisotopic (exact) mass is 377 g/mol. The van der Waals surface area contributed by atoms with Crippen molar-refractivity contribution in [3.8, 4) is 11.5 Å². The molecule has 0 bridgehead atoms. The minimum absolute atomic E-state index is 0.621. The van der Waals surface area contributed by atoms with Gasteiger partial charge in [0.15, 0.2) is 11.5 Å². The number of fused-ring (bicyclic) bond motifs is 1. The van der Waals surface area contributed by atoms with E-state index in [4.69, 9.17) is 9.97 Å². The van der Waals surface area contributed by atoms with Crippen LogP contribution in [0.5, 0.6) is 0 Å². The van der Waals surface area contributed by atoms with E-state index in [1.54, 1.807) is 6.20 Å². The second-order valence-corrected chi connectivity index (χ2v) is 8.13. The van der Waals surface area contributed by atoms with E-state index in [0.29, 0.717) is 17.9 Å². The molecule has 2 aliphatic heterocycles. The molecular weight excluding hydrogens is 350 g/mol. The number of rotatable bonds is 3. The Hall–Kier alpha value is -2.54. The van der Waals surface area contributed by atoms with Crippen LogP contribution in [0.25, 0.3) is 22.6 Å². The van der Waals surface area contributed by atoms with Crippen LogP contribution in [0.4, 0.5) is 5.82 Å². The molecule has 0 radical (unpaired) electrons. The molecule has 2 aliphatic rings. The van der Waals surface area contributed by atoms with Crippen LogP contribution in [-0.4, -0.2) is 61.4 Å². The smallest absolute Gasteiger partial charge is 0.182 e. The summed E-state index contributed by atoms with van der Waals surface area (Å²) in [6.45, 7) is 7.68. The molecular formula is C21H27N7. The summed E-state index contributed by atoms with van der Waals surface area (Å²) >= 11 is 0. The highest BCUT2D eigenvalue weighted by Gasteiger charge is 2.37. The third-order valence-electron chi connectivity index (χ3n) is 6.22. The number of pyridine rings is 1. The standard InChI is InChI=1S/C21H27N7/c1-14-8-5-7-11-28(14)16-12-27(13-16)21-18-15(2)25-26(3)20(18)23-19(24-21)17-9-4-6-10-22-17/h4,6,9-10,14,16H,5,7-8,11-13H2,1-3H3/t14-/m0/s1. The Balaban J connectivity index is 1.50. The van der Waals surface area contributed by atoms with Crippen LogP contribution in [0.3, 0.4) is 0 Å². The van der Waals surface area contributed by atoms with E-state index in [1.165, 1.54) is 25.8 Å². The molecule has 2 fully saturated rings. The lowest BCUT2D eigenvalue weighted by Gasteiger charge is -2.49. The Morgan fingerprint density at radius 3 is 2.71 bits per heavy atom. The van der Waals surface area contributed by atoms with E-state index in [1.807, 2.05) is 36.9 Å². The summed E-state index contributed by atoms with van der Waals surface area (Å²) in [5.41, 5.74) is 2.65. The van der Waals surface area contributed by atoms with Crippen LogP contribution in [0.1, 0.15) is 31.9 Å². The molecule has 28 heavy (non-hydrogen) atoms. The van der Waals surface area contributed by atoms with Crippen LogP contribution in [-0.2, 0) is 7.05 Å². The van der Waals surface area contributed by atoms with Gasteiger partial charge in [-0.3, -0.25) is 14.6 Å². The van der Waals surface area contributed by atoms with Crippen molar-refractivity contribution in [1.29, 1.82) is 0 Å². The molecule has 0 spiro atoms. The number of nitrogens with zero attached hydrogens (tertiary/aromatic N) is 7. The van der Waals surface area contributed by atoms with Crippen LogP contribution in [0.2, 0.25) is 0 Å². The number of likely N-dealkylation sites (tertiary alicyclic amines) is 1. The summed E-state index contributed by atoms with van der Waals surface area (Å²) in [6.07, 6.45) is 5.79. The zero-order valence-electron chi connectivity index (χ0n) is 16.8. The fraction of sp³-hybridized carbons (Fsp3) is 0.524. The predicted octanol–water partition coefficient (Wildman–Crippen LogP) is 2.80. The average molecular weight is 377 g/mol. The second-order valence-electron chi connectivity index (χ2n) is 8.13. The highest BCUT2D eigenvalue weighted by Crippen LogP contribution is 2.34. The average Bonchev–Trinajstić information content (AvgIpc) is 2.97. The predicted molar refractivity (Wildman–Crippen MR) is 110 cm³/mol. The Bertz CT molecular complexity index is 991. The van der Waals surface area contributed by atoms with Crippen LogP contribution in [0, 0.1) is 6.92 Å². The first kappa shape index (κ1) is 17.6. The summed E-state index contributed by atoms with van der Waals surface area (Å²) in [4.78, 5) is 19.3. The number of piperidine rings is 1. The Morgan fingerprint density at radius 2 is 1.96 bits per heavy atom. The molecule has 0 N–H and O–H groups in total. The van der Waals surface area contributed by atoms with Gasteiger partial charge >= 0.3 is 0 Å². The summed E-state index contributed by atoms with van der Waals surface area (Å²) in [7, 11) is 1.95. The molecule has 2 saturated heterocycles. The van der Waals surface area contributed by atoms with Gasteiger partial charge in [-0.05, 0) is 45.4 Å². The summed E-state index contributed by atoms with van der Waals surface area (Å²) in [5.74, 6) is 1.66. The van der Waals surface area contributed by atoms with Crippen LogP contribution >= 0.6 is 0 Å². The van der Waals surface area contributed by atoms with Gasteiger partial charge in [-0.25, -0.2) is 9.97 Å². The topological polar surface area (TPSA) is 63.0 Å². The quantitative estimate of drug-likeness (QED) is 0.699. The number of hydrogen-bond donors (Lipinski definition) is 0. The maximum Gasteiger partial charge on any atom is 0.182 e. The molecule has 146 valence electrons. The second kappa shape index (κ2) is 6.81. The molecule has 3 aromatic heterocycles. The molecule has 0 saturated carbocycles. The van der Waals surface area contributed by atoms with Crippen molar-refractivity contribution in [1.82, 2.24) is 29.6 Å². The van der Waals surface area contributed by atoms with Crippen LogP contribution in [0.15, 0.2) is 24.4 Å². The lowest BCUT2D eigenvalue weighted by Crippen LogP contribution is -2.62. The van der Waals surface area contributed by atoms with E-state index in [2.05, 4.69) is 26.8 Å². The number of anilines is 1. The normalized spacial score (nSPS) is 21.2. The SMILES string of the molecule is Cc1nn(C)c2nc(-c3ccccn3)nc(N3CC(N4CCCC[C@@H]4C)C3)c12. The van der Waals surface area contributed by atoms with Crippen molar-refractivity contribution in [3.05, 3.63) is 30.1 Å². The lowest BCUT2D eigenvalue weighted by molar-refractivity contribution is 0.0874. The third-order valence-corrected chi connectivity index (χ3v) is 6.22. The van der Waals surface area contributed by atoms with E-state index in [9.17, 15) is 0 Å². The van der Waals surface area contributed by atoms with E-state index >= 15 is 0 Å². The van der Waals surface area contributed by atoms with E-state index in [-0.39, 0.29) is 0 Å². The fourth-order valence-corrected chi connectivity index (χ4v) is 4.66. The third kappa shape index (κ3) is 2.85. The molecule has 5 rings (SSSR count). The highest BCUT2D eigenvalue weighted by molar-refractivity contribution is 5.91. The molecule has 7 nitrogen and oxygen atoms in total. The van der Waals surface area contributed by atoms with Crippen molar-refractivity contribution in [2.24, 2.45) is 7.05 Å². The molecule has 5 heterocycles. The van der Waals surface area contributed by atoms with Gasteiger partial charge in [0.1, 0.15) is 11.5 Å². The van der Waals surface area contributed by atoms with Gasteiger partial charge in [-0.1, -0.05) is 12.5 Å². The van der Waals surface area contributed by atoms with E-state index < -0.39 is 0 Å². The molecule has 0 amide bonds. The van der Waals surface area contributed by atoms with Crippen LogP contribution < -0.4 is 4.90 Å².